The average molecular weight is 513 g/mol. The van der Waals surface area contributed by atoms with Crippen molar-refractivity contribution in [2.45, 2.75) is 31.1 Å². The maximum absolute atomic E-state index is 14.5. The number of alkyl halides is 6. The topological polar surface area (TPSA) is 41.5 Å². The van der Waals surface area contributed by atoms with Gasteiger partial charge in [-0.1, -0.05) is 48.0 Å². The molecule has 0 saturated heterocycles. The number of nitrogens with zero attached hydrogens (tertiary/aromatic N) is 1. The second kappa shape index (κ2) is 8.86. The normalized spacial score (nSPS) is 18.6. The zero-order valence-corrected chi connectivity index (χ0v) is 19.1. The number of hydrogen-bond donors (Lipinski definition) is 1. The van der Waals surface area contributed by atoms with E-state index < -0.39 is 43.2 Å². The Kier molecular flexibility index (Phi) is 6.34. The Morgan fingerprint density at radius 3 is 2.34 bits per heavy atom. The van der Waals surface area contributed by atoms with Gasteiger partial charge in [0.1, 0.15) is 12.0 Å². The molecule has 3 aromatic rings. The second-order valence-corrected chi connectivity index (χ2v) is 8.98. The van der Waals surface area contributed by atoms with E-state index in [1.807, 2.05) is 5.32 Å². The number of rotatable bonds is 4. The minimum absolute atomic E-state index is 0.0141. The Labute approximate surface area is 201 Å². The van der Waals surface area contributed by atoms with Gasteiger partial charge in [-0.05, 0) is 47.0 Å². The van der Waals surface area contributed by atoms with Crippen LogP contribution in [-0.2, 0) is 5.41 Å². The molecule has 1 aliphatic heterocycles. The van der Waals surface area contributed by atoms with E-state index in [0.717, 1.165) is 0 Å². The first-order valence-corrected chi connectivity index (χ1v) is 10.9. The molecule has 1 aliphatic rings. The molecule has 1 amide bonds. The molecule has 1 heterocycles. The van der Waals surface area contributed by atoms with Gasteiger partial charge in [-0.3, -0.25) is 9.79 Å². The van der Waals surface area contributed by atoms with E-state index >= 15 is 0 Å². The molecule has 10 heteroatoms. The first-order valence-electron chi connectivity index (χ1n) is 10.6. The molecule has 0 aromatic heterocycles. The number of amides is 1. The second-order valence-electron chi connectivity index (χ2n) is 8.54. The quantitative estimate of drug-likeness (QED) is 0.384. The highest BCUT2D eigenvalue weighted by atomic mass is 35.5. The van der Waals surface area contributed by atoms with E-state index in [9.17, 15) is 31.1 Å². The van der Waals surface area contributed by atoms with Gasteiger partial charge in [0.25, 0.3) is 5.91 Å². The lowest BCUT2D eigenvalue weighted by molar-refractivity contribution is -0.183. The number of nitrogens with one attached hydrogen (secondary N) is 1. The average Bonchev–Trinajstić information content (AvgIpc) is 3.22. The van der Waals surface area contributed by atoms with E-state index in [-0.39, 0.29) is 21.9 Å². The Hall–Kier alpha value is -3.07. The van der Waals surface area contributed by atoms with Gasteiger partial charge in [0, 0.05) is 28.3 Å². The van der Waals surface area contributed by atoms with E-state index in [1.165, 1.54) is 30.3 Å². The summed E-state index contributed by atoms with van der Waals surface area (Å²) in [6, 6.07) is 13.4. The molecule has 4 rings (SSSR count). The van der Waals surface area contributed by atoms with Crippen molar-refractivity contribution in [2.24, 2.45) is 4.99 Å². The van der Waals surface area contributed by atoms with Crippen LogP contribution in [0.15, 0.2) is 59.6 Å². The van der Waals surface area contributed by atoms with Gasteiger partial charge in [-0.15, -0.1) is 0 Å². The highest BCUT2D eigenvalue weighted by Gasteiger charge is 2.58. The zero-order valence-electron chi connectivity index (χ0n) is 18.3. The van der Waals surface area contributed by atoms with Gasteiger partial charge in [0.05, 0.1) is 6.54 Å². The minimum Gasteiger partial charge on any atom is -0.343 e. The van der Waals surface area contributed by atoms with Crippen molar-refractivity contribution in [3.63, 3.8) is 0 Å². The van der Waals surface area contributed by atoms with Crippen LogP contribution in [0.2, 0.25) is 5.02 Å². The summed E-state index contributed by atoms with van der Waals surface area (Å²) in [6.07, 6.45) is -9.65. The molecule has 35 heavy (non-hydrogen) atoms. The van der Waals surface area contributed by atoms with Gasteiger partial charge in [-0.25, -0.2) is 0 Å². The standard InChI is InChI=1S/C25H19ClF6N2O/c1-14-8-15(10-16(26)9-14)23(25(30,31)32)11-21(33-12-23)19-6-7-20(18-5-3-2-4-17(18)19)22(35)34-13-24(27,28)29/h2-10H,11-13H2,1H3,(H,34,35). The molecule has 3 nitrogen and oxygen atoms in total. The molecule has 184 valence electrons. The highest BCUT2D eigenvalue weighted by Crippen LogP contribution is 2.49. The van der Waals surface area contributed by atoms with Crippen molar-refractivity contribution in [1.29, 1.82) is 0 Å². The number of hydrogen-bond acceptors (Lipinski definition) is 2. The molecule has 0 saturated carbocycles. The van der Waals surface area contributed by atoms with E-state index in [4.69, 9.17) is 11.6 Å². The van der Waals surface area contributed by atoms with Gasteiger partial charge < -0.3 is 5.32 Å². The Bertz CT molecular complexity index is 1310. The molecule has 0 bridgehead atoms. The van der Waals surface area contributed by atoms with Crippen molar-refractivity contribution in [3.05, 3.63) is 81.9 Å². The summed E-state index contributed by atoms with van der Waals surface area (Å²) in [5, 5.41) is 2.76. The number of benzene rings is 3. The van der Waals surface area contributed by atoms with Crippen molar-refractivity contribution in [2.75, 3.05) is 13.1 Å². The minimum atomic E-state index is -4.62. The molecule has 1 unspecified atom stereocenters. The lowest BCUT2D eigenvalue weighted by Crippen LogP contribution is -2.43. The highest BCUT2D eigenvalue weighted by molar-refractivity contribution is 6.30. The Balaban J connectivity index is 1.75. The molecule has 1 N–H and O–H groups in total. The Morgan fingerprint density at radius 2 is 1.71 bits per heavy atom. The Morgan fingerprint density at radius 1 is 1.03 bits per heavy atom. The van der Waals surface area contributed by atoms with Crippen LogP contribution in [0.1, 0.15) is 33.5 Å². The molecule has 1 atom stereocenters. The molecule has 0 spiro atoms. The predicted octanol–water partition coefficient (Wildman–Crippen LogP) is 6.79. The summed E-state index contributed by atoms with van der Waals surface area (Å²) in [6.45, 7) is -0.373. The van der Waals surface area contributed by atoms with Crippen molar-refractivity contribution < 1.29 is 31.1 Å². The van der Waals surface area contributed by atoms with Gasteiger partial charge in [0.15, 0.2) is 0 Å². The number of carbonyl (C=O) groups is 1. The third kappa shape index (κ3) is 4.87. The summed E-state index contributed by atoms with van der Waals surface area (Å²) in [7, 11) is 0. The van der Waals surface area contributed by atoms with E-state index in [2.05, 4.69) is 4.99 Å². The number of carbonyl (C=O) groups excluding carboxylic acids is 1. The molecule has 0 radical (unpaired) electrons. The predicted molar refractivity (Wildman–Crippen MR) is 122 cm³/mol. The van der Waals surface area contributed by atoms with Crippen LogP contribution in [0.3, 0.4) is 0 Å². The summed E-state index contributed by atoms with van der Waals surface area (Å²) in [4.78, 5) is 16.7. The fourth-order valence-corrected chi connectivity index (χ4v) is 4.68. The van der Waals surface area contributed by atoms with Crippen LogP contribution in [0.5, 0.6) is 0 Å². The van der Waals surface area contributed by atoms with Gasteiger partial charge >= 0.3 is 12.4 Å². The smallest absolute Gasteiger partial charge is 0.343 e. The fraction of sp³-hybridized carbons (Fsp3) is 0.280. The fourth-order valence-electron chi connectivity index (χ4n) is 4.39. The van der Waals surface area contributed by atoms with E-state index in [0.29, 0.717) is 21.9 Å². The number of aryl methyl sites for hydroxylation is 1. The zero-order chi connectivity index (χ0) is 25.6. The first-order chi connectivity index (χ1) is 16.3. The maximum Gasteiger partial charge on any atom is 0.405 e. The van der Waals surface area contributed by atoms with Crippen LogP contribution >= 0.6 is 11.6 Å². The van der Waals surface area contributed by atoms with Crippen LogP contribution < -0.4 is 5.32 Å². The third-order valence-electron chi connectivity index (χ3n) is 6.08. The molecular weight excluding hydrogens is 494 g/mol. The number of halogens is 7. The van der Waals surface area contributed by atoms with Crippen molar-refractivity contribution in [1.82, 2.24) is 5.32 Å². The maximum atomic E-state index is 14.5. The SMILES string of the molecule is Cc1cc(Cl)cc(C2(C(F)(F)F)CN=C(c3ccc(C(=O)NCC(F)(F)F)c4ccccc34)C2)c1. The molecule has 0 aliphatic carbocycles. The number of fused-ring (bicyclic) bond motifs is 1. The summed E-state index contributed by atoms with van der Waals surface area (Å²) < 4.78 is 81.0. The first kappa shape index (κ1) is 25.0. The summed E-state index contributed by atoms with van der Waals surface area (Å²) in [5.41, 5.74) is -1.11. The van der Waals surface area contributed by atoms with Crippen molar-refractivity contribution in [3.8, 4) is 0 Å². The van der Waals surface area contributed by atoms with Gasteiger partial charge in [0.2, 0.25) is 0 Å². The largest absolute Gasteiger partial charge is 0.405 e. The molecular formula is C25H19ClF6N2O. The van der Waals surface area contributed by atoms with Crippen LogP contribution in [0, 0.1) is 6.92 Å². The van der Waals surface area contributed by atoms with E-state index in [1.54, 1.807) is 31.2 Å². The molecule has 0 fully saturated rings. The van der Waals surface area contributed by atoms with Gasteiger partial charge in [-0.2, -0.15) is 26.3 Å². The van der Waals surface area contributed by atoms with Crippen LogP contribution in [0.4, 0.5) is 26.3 Å². The summed E-state index contributed by atoms with van der Waals surface area (Å²) >= 11 is 6.06. The van der Waals surface area contributed by atoms with Crippen LogP contribution in [-0.4, -0.2) is 37.1 Å². The lowest BCUT2D eigenvalue weighted by Gasteiger charge is -2.32. The number of aliphatic imine (C=N–C) groups is 1. The van der Waals surface area contributed by atoms with Crippen LogP contribution in [0.25, 0.3) is 10.8 Å². The lowest BCUT2D eigenvalue weighted by atomic mass is 9.76. The van der Waals surface area contributed by atoms with Crippen molar-refractivity contribution >= 4 is 34.0 Å². The summed E-state index contributed by atoms with van der Waals surface area (Å²) in [5.74, 6) is -0.933. The molecule has 3 aromatic carbocycles. The third-order valence-corrected chi connectivity index (χ3v) is 6.29. The monoisotopic (exact) mass is 512 g/mol.